The van der Waals surface area contributed by atoms with Crippen LogP contribution < -0.4 is 5.73 Å². The molecule has 2 fully saturated rings. The van der Waals surface area contributed by atoms with Gasteiger partial charge in [-0.05, 0) is 50.6 Å². The fourth-order valence-electron chi connectivity index (χ4n) is 3.47. The zero-order valence-corrected chi connectivity index (χ0v) is 10.1. The Morgan fingerprint density at radius 1 is 1.13 bits per heavy atom. The van der Waals surface area contributed by atoms with Crippen LogP contribution >= 0.6 is 0 Å². The average molecular weight is 210 g/mol. The van der Waals surface area contributed by atoms with Gasteiger partial charge in [-0.2, -0.15) is 0 Å². The fraction of sp³-hybridized carbons (Fsp3) is 1.00. The van der Waals surface area contributed by atoms with E-state index in [9.17, 15) is 0 Å². The topological polar surface area (TPSA) is 29.3 Å². The predicted octanol–water partition coefficient (Wildman–Crippen LogP) is 2.24. The summed E-state index contributed by atoms with van der Waals surface area (Å²) >= 11 is 0. The number of piperidine rings is 1. The van der Waals surface area contributed by atoms with Crippen LogP contribution in [0.2, 0.25) is 0 Å². The second-order valence-corrected chi connectivity index (χ2v) is 5.59. The van der Waals surface area contributed by atoms with Gasteiger partial charge in [0.15, 0.2) is 0 Å². The van der Waals surface area contributed by atoms with Crippen molar-refractivity contribution in [2.75, 3.05) is 19.6 Å². The molecule has 1 heterocycles. The molecule has 1 saturated carbocycles. The Hall–Kier alpha value is -0.0800. The van der Waals surface area contributed by atoms with Crippen molar-refractivity contribution in [3.05, 3.63) is 0 Å². The summed E-state index contributed by atoms with van der Waals surface area (Å²) in [5.41, 5.74) is 5.91. The molecule has 2 aliphatic rings. The van der Waals surface area contributed by atoms with Crippen molar-refractivity contribution in [3.8, 4) is 0 Å². The number of hydrogen-bond donors (Lipinski definition) is 1. The van der Waals surface area contributed by atoms with E-state index in [1.807, 2.05) is 0 Å². The molecule has 0 bridgehead atoms. The molecule has 3 unspecified atom stereocenters. The van der Waals surface area contributed by atoms with Gasteiger partial charge >= 0.3 is 0 Å². The van der Waals surface area contributed by atoms with Crippen LogP contribution in [-0.2, 0) is 0 Å². The molecule has 2 heteroatoms. The van der Waals surface area contributed by atoms with Gasteiger partial charge in [0, 0.05) is 12.6 Å². The lowest BCUT2D eigenvalue weighted by Crippen LogP contribution is -2.48. The Bertz CT molecular complexity index is 193. The van der Waals surface area contributed by atoms with E-state index in [-0.39, 0.29) is 0 Å². The monoisotopic (exact) mass is 210 g/mol. The number of likely N-dealkylation sites (tertiary alicyclic amines) is 1. The van der Waals surface area contributed by atoms with Crippen LogP contribution in [0.4, 0.5) is 0 Å². The third-order valence-corrected chi connectivity index (χ3v) is 4.33. The highest BCUT2D eigenvalue weighted by Gasteiger charge is 2.31. The summed E-state index contributed by atoms with van der Waals surface area (Å²) in [5, 5.41) is 0. The van der Waals surface area contributed by atoms with Gasteiger partial charge < -0.3 is 5.73 Å². The van der Waals surface area contributed by atoms with E-state index in [1.165, 1.54) is 51.6 Å². The molecule has 88 valence electrons. The summed E-state index contributed by atoms with van der Waals surface area (Å²) in [6.45, 7) is 5.94. The summed E-state index contributed by atoms with van der Waals surface area (Å²) in [4.78, 5) is 2.74. The first kappa shape index (κ1) is 11.4. The van der Waals surface area contributed by atoms with Crippen molar-refractivity contribution < 1.29 is 0 Å². The molecule has 0 amide bonds. The van der Waals surface area contributed by atoms with E-state index in [1.54, 1.807) is 0 Å². The van der Waals surface area contributed by atoms with Crippen LogP contribution in [0.1, 0.15) is 45.4 Å². The molecule has 0 aromatic carbocycles. The largest absolute Gasteiger partial charge is 0.330 e. The van der Waals surface area contributed by atoms with E-state index in [2.05, 4.69) is 11.8 Å². The van der Waals surface area contributed by atoms with Crippen LogP contribution in [0.15, 0.2) is 0 Å². The highest BCUT2D eigenvalue weighted by molar-refractivity contribution is 4.86. The van der Waals surface area contributed by atoms with Crippen molar-refractivity contribution in [2.24, 2.45) is 17.6 Å². The van der Waals surface area contributed by atoms with E-state index in [4.69, 9.17) is 5.73 Å². The van der Waals surface area contributed by atoms with Crippen LogP contribution in [0.3, 0.4) is 0 Å². The van der Waals surface area contributed by atoms with Gasteiger partial charge in [-0.25, -0.2) is 0 Å². The van der Waals surface area contributed by atoms with Crippen molar-refractivity contribution in [1.29, 1.82) is 0 Å². The normalized spacial score (nSPS) is 39.2. The molecule has 0 spiro atoms. The van der Waals surface area contributed by atoms with Crippen LogP contribution in [-0.4, -0.2) is 30.6 Å². The molecule has 2 nitrogen and oxygen atoms in total. The molecular formula is C13H26N2. The lowest BCUT2D eigenvalue weighted by Gasteiger charge is -2.43. The molecular weight excluding hydrogens is 184 g/mol. The van der Waals surface area contributed by atoms with Gasteiger partial charge in [-0.1, -0.05) is 19.8 Å². The number of nitrogens with two attached hydrogens (primary N) is 1. The third-order valence-electron chi connectivity index (χ3n) is 4.33. The van der Waals surface area contributed by atoms with Gasteiger partial charge in [-0.15, -0.1) is 0 Å². The number of hydrogen-bond acceptors (Lipinski definition) is 2. The molecule has 0 aromatic rings. The van der Waals surface area contributed by atoms with Crippen LogP contribution in [0.5, 0.6) is 0 Å². The van der Waals surface area contributed by atoms with Gasteiger partial charge in [0.25, 0.3) is 0 Å². The Labute approximate surface area is 94.2 Å². The summed E-state index contributed by atoms with van der Waals surface area (Å²) in [6.07, 6.45) is 8.42. The fourth-order valence-corrected chi connectivity index (χ4v) is 3.47. The number of rotatable bonds is 2. The maximum Gasteiger partial charge on any atom is 0.0136 e. The highest BCUT2D eigenvalue weighted by atomic mass is 15.2. The Kier molecular flexibility index (Phi) is 4.04. The minimum absolute atomic E-state index is 0.782. The lowest BCUT2D eigenvalue weighted by atomic mass is 9.82. The quantitative estimate of drug-likeness (QED) is 0.757. The molecule has 1 aliphatic heterocycles. The minimum Gasteiger partial charge on any atom is -0.330 e. The van der Waals surface area contributed by atoms with Crippen LogP contribution in [0.25, 0.3) is 0 Å². The molecule has 0 radical (unpaired) electrons. The first-order chi connectivity index (χ1) is 7.31. The number of nitrogens with zero attached hydrogens (tertiary/aromatic N) is 1. The van der Waals surface area contributed by atoms with Gasteiger partial charge in [0.1, 0.15) is 0 Å². The second-order valence-electron chi connectivity index (χ2n) is 5.59. The predicted molar refractivity (Wildman–Crippen MR) is 64.8 cm³/mol. The molecule has 3 atom stereocenters. The van der Waals surface area contributed by atoms with Crippen molar-refractivity contribution >= 4 is 0 Å². The molecule has 1 saturated heterocycles. The maximum absolute atomic E-state index is 5.91. The molecule has 1 aliphatic carbocycles. The SMILES string of the molecule is CC1CCCN(C2CCCCC2CN)C1. The smallest absolute Gasteiger partial charge is 0.0136 e. The molecule has 0 aromatic heterocycles. The van der Waals surface area contributed by atoms with Gasteiger partial charge in [0.2, 0.25) is 0 Å². The average Bonchev–Trinajstić information content (AvgIpc) is 2.29. The summed E-state index contributed by atoms with van der Waals surface area (Å²) in [7, 11) is 0. The molecule has 2 N–H and O–H groups in total. The van der Waals surface area contributed by atoms with E-state index in [0.29, 0.717) is 0 Å². The van der Waals surface area contributed by atoms with Crippen molar-refractivity contribution in [3.63, 3.8) is 0 Å². The van der Waals surface area contributed by atoms with Crippen molar-refractivity contribution in [2.45, 2.75) is 51.5 Å². The summed E-state index contributed by atoms with van der Waals surface area (Å²) in [5.74, 6) is 1.68. The Morgan fingerprint density at radius 2 is 1.93 bits per heavy atom. The first-order valence-corrected chi connectivity index (χ1v) is 6.75. The maximum atomic E-state index is 5.91. The second kappa shape index (κ2) is 5.31. The van der Waals surface area contributed by atoms with E-state index in [0.717, 1.165) is 24.4 Å². The third kappa shape index (κ3) is 2.73. The zero-order chi connectivity index (χ0) is 10.7. The molecule has 15 heavy (non-hydrogen) atoms. The Morgan fingerprint density at radius 3 is 2.67 bits per heavy atom. The first-order valence-electron chi connectivity index (χ1n) is 6.75. The van der Waals surface area contributed by atoms with Gasteiger partial charge in [0.05, 0.1) is 0 Å². The van der Waals surface area contributed by atoms with Crippen molar-refractivity contribution in [1.82, 2.24) is 4.90 Å². The Balaban J connectivity index is 1.94. The minimum atomic E-state index is 0.782. The van der Waals surface area contributed by atoms with Gasteiger partial charge in [-0.3, -0.25) is 4.90 Å². The van der Waals surface area contributed by atoms with E-state index < -0.39 is 0 Å². The zero-order valence-electron chi connectivity index (χ0n) is 10.1. The summed E-state index contributed by atoms with van der Waals surface area (Å²) < 4.78 is 0. The lowest BCUT2D eigenvalue weighted by molar-refractivity contribution is 0.0683. The molecule has 2 rings (SSSR count). The van der Waals surface area contributed by atoms with Crippen LogP contribution in [0, 0.1) is 11.8 Å². The summed E-state index contributed by atoms with van der Waals surface area (Å²) in [6, 6.07) is 0.812. The highest BCUT2D eigenvalue weighted by Crippen LogP contribution is 2.30. The van der Waals surface area contributed by atoms with E-state index >= 15 is 0 Å². The standard InChI is InChI=1S/C13H26N2/c1-11-5-4-8-15(10-11)13-7-3-2-6-12(13)9-14/h11-13H,2-10,14H2,1H3.